The van der Waals surface area contributed by atoms with E-state index in [4.69, 9.17) is 0 Å². The molecule has 0 bridgehead atoms. The third kappa shape index (κ3) is 3.90. The molecule has 2 saturated heterocycles. The van der Waals surface area contributed by atoms with Crippen molar-refractivity contribution in [1.82, 2.24) is 40.6 Å². The largest absolute Gasteiger partial charge is 0.353 e. The first-order chi connectivity index (χ1) is 13.2. The molecule has 2 aliphatic heterocycles. The fraction of sp³-hybridized carbons (Fsp3) is 0.471. The van der Waals surface area contributed by atoms with Crippen LogP contribution in [0.4, 0.5) is 4.79 Å². The van der Waals surface area contributed by atoms with E-state index < -0.39 is 0 Å². The average molecular weight is 370 g/mol. The number of nitrogens with one attached hydrogen (secondary N) is 3. The quantitative estimate of drug-likeness (QED) is 0.651. The van der Waals surface area contributed by atoms with Crippen molar-refractivity contribution in [2.45, 2.75) is 12.5 Å². The van der Waals surface area contributed by atoms with Gasteiger partial charge in [0, 0.05) is 63.6 Å². The maximum Gasteiger partial charge on any atom is 0.317 e. The number of H-pyrrole nitrogens is 1. The Labute approximate surface area is 156 Å². The summed E-state index contributed by atoms with van der Waals surface area (Å²) in [6, 6.07) is 3.33. The van der Waals surface area contributed by atoms with Gasteiger partial charge in [-0.15, -0.1) is 0 Å². The van der Waals surface area contributed by atoms with Gasteiger partial charge in [-0.05, 0) is 12.1 Å². The van der Waals surface area contributed by atoms with Crippen molar-refractivity contribution in [2.24, 2.45) is 0 Å². The summed E-state index contributed by atoms with van der Waals surface area (Å²) in [6.07, 6.45) is 3.95. The third-order valence-corrected chi connectivity index (χ3v) is 4.87. The first kappa shape index (κ1) is 17.4. The van der Waals surface area contributed by atoms with Crippen LogP contribution in [-0.4, -0.2) is 87.2 Å². The molecular formula is C17H22N8O2. The number of urea groups is 1. The van der Waals surface area contributed by atoms with Crippen molar-refractivity contribution < 1.29 is 9.59 Å². The normalized spacial score (nSPS) is 20.1. The van der Waals surface area contributed by atoms with E-state index in [2.05, 4.69) is 35.7 Å². The van der Waals surface area contributed by atoms with E-state index >= 15 is 0 Å². The van der Waals surface area contributed by atoms with E-state index in [0.717, 1.165) is 18.7 Å². The van der Waals surface area contributed by atoms with E-state index in [9.17, 15) is 9.59 Å². The van der Waals surface area contributed by atoms with Gasteiger partial charge in [0.05, 0.1) is 0 Å². The van der Waals surface area contributed by atoms with Crippen molar-refractivity contribution in [2.75, 3.05) is 39.3 Å². The number of amides is 3. The molecule has 4 heterocycles. The Hall–Kier alpha value is -3.01. The van der Waals surface area contributed by atoms with Gasteiger partial charge >= 0.3 is 6.03 Å². The van der Waals surface area contributed by atoms with E-state index in [0.29, 0.717) is 44.2 Å². The lowest BCUT2D eigenvalue weighted by Gasteiger charge is -2.42. The fourth-order valence-electron chi connectivity index (χ4n) is 3.39. The molecule has 3 amide bonds. The Kier molecular flexibility index (Phi) is 4.97. The molecule has 2 aromatic rings. The maximum absolute atomic E-state index is 12.4. The van der Waals surface area contributed by atoms with Crippen molar-refractivity contribution in [3.05, 3.63) is 30.4 Å². The lowest BCUT2D eigenvalue weighted by molar-refractivity contribution is -0.131. The number of rotatable bonds is 4. The van der Waals surface area contributed by atoms with Gasteiger partial charge < -0.3 is 15.5 Å². The first-order valence-electron chi connectivity index (χ1n) is 9.07. The summed E-state index contributed by atoms with van der Waals surface area (Å²) in [7, 11) is 0. The van der Waals surface area contributed by atoms with Crippen LogP contribution in [0, 0.1) is 0 Å². The molecule has 0 aliphatic carbocycles. The number of aromatic nitrogens is 4. The van der Waals surface area contributed by atoms with Crippen molar-refractivity contribution in [3.63, 3.8) is 0 Å². The summed E-state index contributed by atoms with van der Waals surface area (Å²) in [4.78, 5) is 36.7. The number of piperazine rings is 2. The van der Waals surface area contributed by atoms with Crippen molar-refractivity contribution in [1.29, 1.82) is 0 Å². The Morgan fingerprint density at radius 2 is 2.26 bits per heavy atom. The van der Waals surface area contributed by atoms with Crippen LogP contribution in [0.2, 0.25) is 0 Å². The summed E-state index contributed by atoms with van der Waals surface area (Å²) >= 11 is 0. The topological polar surface area (TPSA) is 119 Å². The molecule has 0 spiro atoms. The minimum absolute atomic E-state index is 0.00309. The Balaban J connectivity index is 1.26. The predicted octanol–water partition coefficient (Wildman–Crippen LogP) is -0.765. The summed E-state index contributed by atoms with van der Waals surface area (Å²) in [6.45, 7) is 3.74. The van der Waals surface area contributed by atoms with Gasteiger partial charge in [-0.25, -0.2) is 9.78 Å². The highest BCUT2D eigenvalue weighted by atomic mass is 16.2. The average Bonchev–Trinajstić information content (AvgIpc) is 3.18. The van der Waals surface area contributed by atoms with Crippen LogP contribution in [-0.2, 0) is 11.2 Å². The predicted molar refractivity (Wildman–Crippen MR) is 96.7 cm³/mol. The highest BCUT2D eigenvalue weighted by molar-refractivity contribution is 5.84. The van der Waals surface area contributed by atoms with Gasteiger partial charge in [0.1, 0.15) is 11.9 Å². The Bertz CT molecular complexity index is 808. The number of carbonyl (C=O) groups excluding carboxylic acids is 2. The molecule has 10 heteroatoms. The summed E-state index contributed by atoms with van der Waals surface area (Å²) in [5.41, 5.74) is 0.840. The second-order valence-electron chi connectivity index (χ2n) is 6.62. The number of hydrogen-bond donors (Lipinski definition) is 3. The molecule has 142 valence electrons. The molecular weight excluding hydrogens is 348 g/mol. The van der Waals surface area contributed by atoms with E-state index in [1.807, 2.05) is 12.1 Å². The second kappa shape index (κ2) is 7.70. The number of nitrogens with zero attached hydrogens (tertiary/aromatic N) is 5. The van der Waals surface area contributed by atoms with Crippen LogP contribution in [0.5, 0.6) is 0 Å². The minimum Gasteiger partial charge on any atom is -0.353 e. The zero-order valence-electron chi connectivity index (χ0n) is 14.9. The lowest BCUT2D eigenvalue weighted by atomic mass is 10.1. The molecule has 10 nitrogen and oxygen atoms in total. The van der Waals surface area contributed by atoms with Gasteiger partial charge in [-0.3, -0.25) is 19.8 Å². The molecule has 2 aliphatic rings. The summed E-state index contributed by atoms with van der Waals surface area (Å²) in [5.74, 6) is 1.29. The van der Waals surface area contributed by atoms with Crippen LogP contribution in [0.3, 0.4) is 0 Å². The van der Waals surface area contributed by atoms with Gasteiger partial charge in [0.2, 0.25) is 5.91 Å². The van der Waals surface area contributed by atoms with Gasteiger partial charge in [-0.2, -0.15) is 5.10 Å². The highest BCUT2D eigenvalue weighted by Gasteiger charge is 2.36. The maximum atomic E-state index is 12.4. The molecule has 0 aromatic carbocycles. The van der Waals surface area contributed by atoms with Gasteiger partial charge in [0.15, 0.2) is 5.82 Å². The Morgan fingerprint density at radius 3 is 3.11 bits per heavy atom. The molecule has 0 radical (unpaired) electrons. The Morgan fingerprint density at radius 1 is 1.33 bits per heavy atom. The smallest absolute Gasteiger partial charge is 0.317 e. The van der Waals surface area contributed by atoms with E-state index in [-0.39, 0.29) is 18.0 Å². The second-order valence-corrected chi connectivity index (χ2v) is 6.62. The van der Waals surface area contributed by atoms with Gasteiger partial charge in [0.25, 0.3) is 0 Å². The molecule has 0 saturated carbocycles. The fourth-order valence-corrected chi connectivity index (χ4v) is 3.39. The molecule has 27 heavy (non-hydrogen) atoms. The zero-order chi connectivity index (χ0) is 18.6. The SMILES string of the molecule is O=C1NCCN2CCN(C(=O)NCCc3nc(-c4cccnc4)n[nH]3)CC12. The molecule has 2 aromatic heterocycles. The van der Waals surface area contributed by atoms with Crippen molar-refractivity contribution in [3.8, 4) is 11.4 Å². The number of aromatic amines is 1. The molecule has 4 rings (SSSR count). The van der Waals surface area contributed by atoms with Crippen LogP contribution < -0.4 is 10.6 Å². The van der Waals surface area contributed by atoms with Crippen LogP contribution >= 0.6 is 0 Å². The number of pyridine rings is 1. The van der Waals surface area contributed by atoms with E-state index in [1.165, 1.54) is 0 Å². The monoisotopic (exact) mass is 370 g/mol. The van der Waals surface area contributed by atoms with Gasteiger partial charge in [-0.1, -0.05) is 0 Å². The number of carbonyl (C=O) groups is 2. The highest BCUT2D eigenvalue weighted by Crippen LogP contribution is 2.13. The van der Waals surface area contributed by atoms with Crippen LogP contribution in [0.1, 0.15) is 5.82 Å². The summed E-state index contributed by atoms with van der Waals surface area (Å²) in [5, 5.41) is 12.8. The molecule has 2 fully saturated rings. The summed E-state index contributed by atoms with van der Waals surface area (Å²) < 4.78 is 0. The molecule has 1 unspecified atom stereocenters. The standard InChI is InChI=1S/C17H22N8O2/c26-16-13-11-25(9-8-24(13)7-6-19-16)17(27)20-5-3-14-21-15(23-22-14)12-2-1-4-18-10-12/h1-2,4,10,13H,3,5-9,11H2,(H,19,26)(H,20,27)(H,21,22,23). The lowest BCUT2D eigenvalue weighted by Crippen LogP contribution is -2.65. The van der Waals surface area contributed by atoms with Crippen molar-refractivity contribution >= 4 is 11.9 Å². The first-order valence-corrected chi connectivity index (χ1v) is 9.07. The number of hydrogen-bond acceptors (Lipinski definition) is 6. The zero-order valence-corrected chi connectivity index (χ0v) is 14.9. The number of fused-ring (bicyclic) bond motifs is 1. The third-order valence-electron chi connectivity index (χ3n) is 4.87. The van der Waals surface area contributed by atoms with Crippen LogP contribution in [0.15, 0.2) is 24.5 Å². The van der Waals surface area contributed by atoms with Crippen LogP contribution in [0.25, 0.3) is 11.4 Å². The molecule has 3 N–H and O–H groups in total. The molecule has 1 atom stereocenters. The minimum atomic E-state index is -0.241. The van der Waals surface area contributed by atoms with E-state index in [1.54, 1.807) is 17.3 Å².